The summed E-state index contributed by atoms with van der Waals surface area (Å²) < 4.78 is 13.8. The van der Waals surface area contributed by atoms with Crippen LogP contribution in [0.25, 0.3) is 0 Å². The normalized spacial score (nSPS) is 22.6. The lowest BCUT2D eigenvalue weighted by Gasteiger charge is -2.36. The van der Waals surface area contributed by atoms with E-state index < -0.39 is 0 Å². The molecular formula is C17H20FN3O. The van der Waals surface area contributed by atoms with Crippen molar-refractivity contribution in [2.45, 2.75) is 25.5 Å². The Labute approximate surface area is 129 Å². The van der Waals surface area contributed by atoms with E-state index in [4.69, 9.17) is 0 Å². The van der Waals surface area contributed by atoms with Crippen LogP contribution in [0.2, 0.25) is 0 Å². The lowest BCUT2D eigenvalue weighted by atomic mass is 9.88. The predicted octanol–water partition coefficient (Wildman–Crippen LogP) is 2.04. The van der Waals surface area contributed by atoms with Gasteiger partial charge in [0.2, 0.25) is 0 Å². The van der Waals surface area contributed by atoms with Crippen molar-refractivity contribution < 1.29 is 9.50 Å². The Hall–Kier alpha value is -1.85. The highest BCUT2D eigenvalue weighted by Gasteiger charge is 2.28. The highest BCUT2D eigenvalue weighted by Crippen LogP contribution is 2.23. The SMILES string of the molecule is O[C@H]1CCN(Cc2cnccn2)C[C@H]1Cc1ccccc1F. The molecule has 0 unspecified atom stereocenters. The highest BCUT2D eigenvalue weighted by atomic mass is 19.1. The predicted molar refractivity (Wildman–Crippen MR) is 81.5 cm³/mol. The molecule has 1 aliphatic heterocycles. The van der Waals surface area contributed by atoms with Gasteiger partial charge in [0, 0.05) is 44.1 Å². The summed E-state index contributed by atoms with van der Waals surface area (Å²) in [6.07, 6.45) is 5.99. The smallest absolute Gasteiger partial charge is 0.126 e. The zero-order valence-electron chi connectivity index (χ0n) is 12.4. The fourth-order valence-electron chi connectivity index (χ4n) is 3.03. The highest BCUT2D eigenvalue weighted by molar-refractivity contribution is 5.18. The van der Waals surface area contributed by atoms with E-state index in [1.165, 1.54) is 6.07 Å². The van der Waals surface area contributed by atoms with E-state index in [0.29, 0.717) is 24.9 Å². The van der Waals surface area contributed by atoms with Crippen LogP contribution in [-0.4, -0.2) is 39.2 Å². The summed E-state index contributed by atoms with van der Waals surface area (Å²) in [5.74, 6) is -0.150. The van der Waals surface area contributed by atoms with Gasteiger partial charge in [0.05, 0.1) is 11.8 Å². The number of likely N-dealkylation sites (tertiary alicyclic amines) is 1. The van der Waals surface area contributed by atoms with Crippen molar-refractivity contribution in [3.63, 3.8) is 0 Å². The van der Waals surface area contributed by atoms with Gasteiger partial charge in [-0.3, -0.25) is 14.9 Å². The van der Waals surface area contributed by atoms with E-state index in [1.807, 2.05) is 6.07 Å². The molecule has 1 aromatic heterocycles. The maximum atomic E-state index is 13.8. The Morgan fingerprint density at radius 2 is 2.14 bits per heavy atom. The first-order chi connectivity index (χ1) is 10.7. The summed E-state index contributed by atoms with van der Waals surface area (Å²) in [5.41, 5.74) is 1.59. The first-order valence-electron chi connectivity index (χ1n) is 7.61. The number of aromatic nitrogens is 2. The Bertz CT molecular complexity index is 608. The van der Waals surface area contributed by atoms with Crippen LogP contribution in [0.5, 0.6) is 0 Å². The second kappa shape index (κ2) is 6.94. The van der Waals surface area contributed by atoms with Crippen molar-refractivity contribution >= 4 is 0 Å². The van der Waals surface area contributed by atoms with Crippen molar-refractivity contribution in [3.8, 4) is 0 Å². The van der Waals surface area contributed by atoms with Gasteiger partial charge in [0.15, 0.2) is 0 Å². The molecule has 2 aromatic rings. The number of rotatable bonds is 4. The van der Waals surface area contributed by atoms with Crippen LogP contribution in [0.1, 0.15) is 17.7 Å². The number of aliphatic hydroxyl groups is 1. The lowest BCUT2D eigenvalue weighted by molar-refractivity contribution is 0.0231. The van der Waals surface area contributed by atoms with Crippen LogP contribution in [-0.2, 0) is 13.0 Å². The molecule has 0 bridgehead atoms. The summed E-state index contributed by atoms with van der Waals surface area (Å²) in [6.45, 7) is 2.28. The molecule has 22 heavy (non-hydrogen) atoms. The van der Waals surface area contributed by atoms with Gasteiger partial charge in [0.1, 0.15) is 5.82 Å². The molecule has 1 saturated heterocycles. The fraction of sp³-hybridized carbons (Fsp3) is 0.412. The number of benzene rings is 1. The largest absolute Gasteiger partial charge is 0.393 e. The van der Waals surface area contributed by atoms with Gasteiger partial charge in [0.25, 0.3) is 0 Å². The van der Waals surface area contributed by atoms with Crippen LogP contribution in [0.15, 0.2) is 42.9 Å². The van der Waals surface area contributed by atoms with Gasteiger partial charge < -0.3 is 5.11 Å². The zero-order valence-corrected chi connectivity index (χ0v) is 12.4. The summed E-state index contributed by atoms with van der Waals surface area (Å²) in [7, 11) is 0. The average Bonchev–Trinajstić information content (AvgIpc) is 2.54. The molecule has 4 nitrogen and oxygen atoms in total. The van der Waals surface area contributed by atoms with Crippen LogP contribution >= 0.6 is 0 Å². The number of halogens is 1. The minimum Gasteiger partial charge on any atom is -0.393 e. The summed E-state index contributed by atoms with van der Waals surface area (Å²) in [6, 6.07) is 6.80. The van der Waals surface area contributed by atoms with Crippen molar-refractivity contribution in [2.75, 3.05) is 13.1 Å². The molecule has 1 aromatic carbocycles. The Balaban J connectivity index is 1.65. The molecular weight excluding hydrogens is 281 g/mol. The molecule has 0 amide bonds. The summed E-state index contributed by atoms with van der Waals surface area (Å²) in [4.78, 5) is 10.6. The molecule has 0 spiro atoms. The third kappa shape index (κ3) is 3.67. The van der Waals surface area contributed by atoms with Crippen molar-refractivity contribution in [1.29, 1.82) is 0 Å². The third-order valence-corrected chi connectivity index (χ3v) is 4.22. The lowest BCUT2D eigenvalue weighted by Crippen LogP contribution is -2.43. The molecule has 116 valence electrons. The minimum absolute atomic E-state index is 0.0438. The number of piperidine rings is 1. The fourth-order valence-corrected chi connectivity index (χ4v) is 3.03. The van der Waals surface area contributed by atoms with Crippen LogP contribution in [0.3, 0.4) is 0 Å². The molecule has 0 radical (unpaired) electrons. The van der Waals surface area contributed by atoms with E-state index >= 15 is 0 Å². The second-order valence-corrected chi connectivity index (χ2v) is 5.84. The van der Waals surface area contributed by atoms with Gasteiger partial charge in [-0.15, -0.1) is 0 Å². The van der Waals surface area contributed by atoms with Crippen molar-refractivity contribution in [2.24, 2.45) is 5.92 Å². The van der Waals surface area contributed by atoms with Gasteiger partial charge in [-0.2, -0.15) is 0 Å². The quantitative estimate of drug-likeness (QED) is 0.939. The molecule has 2 atom stereocenters. The Morgan fingerprint density at radius 1 is 1.27 bits per heavy atom. The van der Waals surface area contributed by atoms with Crippen molar-refractivity contribution in [3.05, 3.63) is 59.9 Å². The number of hydrogen-bond donors (Lipinski definition) is 1. The zero-order chi connectivity index (χ0) is 15.4. The summed E-state index contributed by atoms with van der Waals surface area (Å²) in [5, 5.41) is 10.2. The molecule has 1 fully saturated rings. The number of nitrogens with zero attached hydrogens (tertiary/aromatic N) is 3. The first kappa shape index (κ1) is 15.1. The van der Waals surface area contributed by atoms with Gasteiger partial charge in [-0.25, -0.2) is 4.39 Å². The number of hydrogen-bond acceptors (Lipinski definition) is 4. The third-order valence-electron chi connectivity index (χ3n) is 4.22. The molecule has 1 aliphatic rings. The molecule has 2 heterocycles. The number of aliphatic hydroxyl groups excluding tert-OH is 1. The van der Waals surface area contributed by atoms with Crippen molar-refractivity contribution in [1.82, 2.24) is 14.9 Å². The van der Waals surface area contributed by atoms with Crippen LogP contribution in [0, 0.1) is 11.7 Å². The van der Waals surface area contributed by atoms with E-state index in [2.05, 4.69) is 14.9 Å². The maximum Gasteiger partial charge on any atom is 0.126 e. The van der Waals surface area contributed by atoms with Gasteiger partial charge in [-0.05, 0) is 24.5 Å². The van der Waals surface area contributed by atoms with Crippen LogP contribution in [0.4, 0.5) is 4.39 Å². The first-order valence-corrected chi connectivity index (χ1v) is 7.61. The van der Waals surface area contributed by atoms with Crippen LogP contribution < -0.4 is 0 Å². The standard InChI is InChI=1S/C17H20FN3O/c18-16-4-2-1-3-13(16)9-14-11-21(8-5-17(14)22)12-15-10-19-6-7-20-15/h1-4,6-7,10,14,17,22H,5,8-9,11-12H2/t14-,17+/m1/s1. The minimum atomic E-state index is -0.377. The molecule has 0 saturated carbocycles. The molecule has 0 aliphatic carbocycles. The van der Waals surface area contributed by atoms with E-state index in [9.17, 15) is 9.50 Å². The molecule has 3 rings (SSSR count). The molecule has 1 N–H and O–H groups in total. The van der Waals surface area contributed by atoms with E-state index in [0.717, 1.165) is 18.8 Å². The monoisotopic (exact) mass is 301 g/mol. The summed E-state index contributed by atoms with van der Waals surface area (Å²) >= 11 is 0. The second-order valence-electron chi connectivity index (χ2n) is 5.84. The van der Waals surface area contributed by atoms with Gasteiger partial charge in [-0.1, -0.05) is 18.2 Å². The maximum absolute atomic E-state index is 13.8. The van der Waals surface area contributed by atoms with E-state index in [-0.39, 0.29) is 17.8 Å². The molecule has 5 heteroatoms. The average molecular weight is 301 g/mol. The van der Waals surface area contributed by atoms with E-state index in [1.54, 1.807) is 30.7 Å². The van der Waals surface area contributed by atoms with Gasteiger partial charge >= 0.3 is 0 Å². The Kier molecular flexibility index (Phi) is 4.75. The topological polar surface area (TPSA) is 49.2 Å². The Morgan fingerprint density at radius 3 is 2.91 bits per heavy atom.